The van der Waals surface area contributed by atoms with Crippen LogP contribution in [0.1, 0.15) is 26.4 Å². The van der Waals surface area contributed by atoms with Gasteiger partial charge in [0.25, 0.3) is 11.8 Å². The predicted octanol–water partition coefficient (Wildman–Crippen LogP) is 8.17. The second kappa shape index (κ2) is 16.9. The molecular formula is C37H36BrCl2F2N5O4. The van der Waals surface area contributed by atoms with Gasteiger partial charge in [-0.3, -0.25) is 14.5 Å². The van der Waals surface area contributed by atoms with Crippen molar-refractivity contribution in [2.45, 2.75) is 12.6 Å². The molecule has 3 aromatic carbocycles. The minimum absolute atomic E-state index is 0. The van der Waals surface area contributed by atoms with E-state index in [1.165, 1.54) is 11.0 Å². The number of aryl methyl sites for hydroxylation is 1. The molecule has 0 spiro atoms. The molecule has 1 fully saturated rings. The molecule has 0 saturated carbocycles. The van der Waals surface area contributed by atoms with Crippen molar-refractivity contribution >= 4 is 68.6 Å². The largest absolute Gasteiger partial charge is 0.485 e. The Balaban J connectivity index is 0.00000504. The molecule has 0 radical (unpaired) electrons. The molecule has 14 heteroatoms. The summed E-state index contributed by atoms with van der Waals surface area (Å²) in [5.41, 5.74) is 3.44. The van der Waals surface area contributed by atoms with Crippen molar-refractivity contribution in [3.05, 3.63) is 112 Å². The number of alkyl halides is 2. The summed E-state index contributed by atoms with van der Waals surface area (Å²) < 4.78 is 38.7. The van der Waals surface area contributed by atoms with Crippen LogP contribution in [-0.4, -0.2) is 83.8 Å². The van der Waals surface area contributed by atoms with Gasteiger partial charge < -0.3 is 23.8 Å². The number of anilines is 1. The summed E-state index contributed by atoms with van der Waals surface area (Å²) in [6.45, 7) is 1.53. The van der Waals surface area contributed by atoms with E-state index >= 15 is 0 Å². The molecule has 9 nitrogen and oxygen atoms in total. The summed E-state index contributed by atoms with van der Waals surface area (Å²) in [5.74, 6) is 1.03. The lowest BCUT2D eigenvalue weighted by molar-refractivity contribution is 0.0619. The molecule has 1 aliphatic rings. The number of carbonyl (C=O) groups excluding carboxylic acids is 2. The highest BCUT2D eigenvalue weighted by Crippen LogP contribution is 2.29. The number of halogens is 5. The summed E-state index contributed by atoms with van der Waals surface area (Å²) >= 11 is 12.1. The number of benzene rings is 3. The van der Waals surface area contributed by atoms with E-state index in [4.69, 9.17) is 32.7 Å². The molecule has 0 N–H and O–H groups in total. The number of ether oxygens (including phenoxy) is 2. The van der Waals surface area contributed by atoms with Crippen molar-refractivity contribution in [3.63, 3.8) is 0 Å². The van der Waals surface area contributed by atoms with E-state index < -0.39 is 19.5 Å². The van der Waals surface area contributed by atoms with Crippen LogP contribution in [0.2, 0.25) is 10.0 Å². The van der Waals surface area contributed by atoms with E-state index in [2.05, 4.69) is 9.88 Å². The maximum atomic E-state index is 13.6. The molecule has 2 amide bonds. The average Bonchev–Trinajstić information content (AvgIpc) is 3.47. The molecule has 0 unspecified atom stereocenters. The van der Waals surface area contributed by atoms with Gasteiger partial charge in [-0.15, -0.1) is 17.0 Å². The lowest BCUT2D eigenvalue weighted by Gasteiger charge is -2.34. The first-order valence-electron chi connectivity index (χ1n) is 16.0. The molecule has 1 saturated heterocycles. The van der Waals surface area contributed by atoms with Crippen molar-refractivity contribution in [3.8, 4) is 17.4 Å². The third-order valence-electron chi connectivity index (χ3n) is 8.67. The SMILES string of the molecule is Br.CN(C(=O)c1ccc(Cl)c(Cl)c1)c1ccc(Oc2ccc3cc(C(=O)N4CCN(Cc5ccc(OC(CF)CF)cc5)CC4)n(C)c3c2)nc1. The first-order valence-corrected chi connectivity index (χ1v) is 16.7. The molecule has 5 aromatic rings. The van der Waals surface area contributed by atoms with Crippen molar-refractivity contribution in [2.75, 3.05) is 51.5 Å². The lowest BCUT2D eigenvalue weighted by Crippen LogP contribution is -2.48. The fraction of sp³-hybridized carbons (Fsp3) is 0.270. The monoisotopic (exact) mass is 801 g/mol. The van der Waals surface area contributed by atoms with Crippen LogP contribution >= 0.6 is 40.2 Å². The number of fused-ring (bicyclic) bond motifs is 1. The number of nitrogens with zero attached hydrogens (tertiary/aromatic N) is 5. The van der Waals surface area contributed by atoms with E-state index in [9.17, 15) is 18.4 Å². The molecule has 0 atom stereocenters. The zero-order chi connectivity index (χ0) is 35.4. The summed E-state index contributed by atoms with van der Waals surface area (Å²) in [4.78, 5) is 36.5. The second-order valence-corrected chi connectivity index (χ2v) is 12.8. The fourth-order valence-corrected chi connectivity index (χ4v) is 6.07. The Hall–Kier alpha value is -4.23. The van der Waals surface area contributed by atoms with Gasteiger partial charge in [0, 0.05) is 69.9 Å². The van der Waals surface area contributed by atoms with E-state index in [1.54, 1.807) is 49.6 Å². The summed E-state index contributed by atoms with van der Waals surface area (Å²) in [5, 5.41) is 1.58. The Bertz CT molecular complexity index is 1990. The van der Waals surface area contributed by atoms with Crippen LogP contribution in [0, 0.1) is 0 Å². The maximum Gasteiger partial charge on any atom is 0.270 e. The third-order valence-corrected chi connectivity index (χ3v) is 9.41. The van der Waals surface area contributed by atoms with E-state index in [0.29, 0.717) is 77.1 Å². The van der Waals surface area contributed by atoms with E-state index in [0.717, 1.165) is 16.5 Å². The molecule has 0 bridgehead atoms. The Kier molecular flexibility index (Phi) is 12.6. The van der Waals surface area contributed by atoms with E-state index in [1.807, 2.05) is 52.9 Å². The molecule has 2 aromatic heterocycles. The van der Waals surface area contributed by atoms with Crippen LogP contribution in [-0.2, 0) is 13.6 Å². The molecule has 6 rings (SSSR count). The molecular weight excluding hydrogens is 767 g/mol. The Morgan fingerprint density at radius 3 is 2.24 bits per heavy atom. The summed E-state index contributed by atoms with van der Waals surface area (Å²) in [6, 6.07) is 22.8. The smallest absolute Gasteiger partial charge is 0.270 e. The van der Waals surface area contributed by atoms with Gasteiger partial charge in [0.2, 0.25) is 5.88 Å². The van der Waals surface area contributed by atoms with Gasteiger partial charge in [-0.2, -0.15) is 0 Å². The van der Waals surface area contributed by atoms with Crippen molar-refractivity contribution < 1.29 is 27.8 Å². The minimum atomic E-state index is -1.08. The first kappa shape index (κ1) is 38.0. The van der Waals surface area contributed by atoms with Gasteiger partial charge in [0.05, 0.1) is 27.4 Å². The fourth-order valence-electron chi connectivity index (χ4n) is 5.77. The highest BCUT2D eigenvalue weighted by Gasteiger charge is 2.25. The number of hydrogen-bond acceptors (Lipinski definition) is 6. The second-order valence-electron chi connectivity index (χ2n) is 12.0. The lowest BCUT2D eigenvalue weighted by atomic mass is 10.2. The van der Waals surface area contributed by atoms with Crippen LogP contribution < -0.4 is 14.4 Å². The van der Waals surface area contributed by atoms with Crippen LogP contribution in [0.25, 0.3) is 10.9 Å². The molecule has 3 heterocycles. The molecule has 0 aliphatic carbocycles. The van der Waals surface area contributed by atoms with Crippen LogP contribution in [0.15, 0.2) is 85.1 Å². The number of piperazine rings is 1. The Morgan fingerprint density at radius 2 is 1.59 bits per heavy atom. The average molecular weight is 804 g/mol. The highest BCUT2D eigenvalue weighted by atomic mass is 79.9. The maximum absolute atomic E-state index is 13.6. The first-order chi connectivity index (χ1) is 24.1. The Labute approximate surface area is 315 Å². The number of pyridine rings is 1. The van der Waals surface area contributed by atoms with Crippen LogP contribution in [0.5, 0.6) is 17.4 Å². The third kappa shape index (κ3) is 8.81. The number of aromatic nitrogens is 2. The number of rotatable bonds is 11. The highest BCUT2D eigenvalue weighted by molar-refractivity contribution is 8.93. The van der Waals surface area contributed by atoms with E-state index in [-0.39, 0.29) is 28.8 Å². The van der Waals surface area contributed by atoms with Gasteiger partial charge in [-0.05, 0) is 60.2 Å². The van der Waals surface area contributed by atoms with Gasteiger partial charge in [-0.25, -0.2) is 13.8 Å². The Morgan fingerprint density at radius 1 is 0.882 bits per heavy atom. The number of amides is 2. The minimum Gasteiger partial charge on any atom is -0.485 e. The standard InChI is InChI=1S/C37H35Cl2F2N5O4.BrH/c1-43(36(47)26-6-11-31(38)32(39)17-26)27-7-12-35(42-22-27)50-29-10-5-25-18-34(44(2)33(25)19-29)37(48)46-15-13-45(14-16-46)23-24-3-8-28(9-4-24)49-30(20-40)21-41;/h3-12,17-19,22,30H,13-16,20-21,23H2,1-2H3;1H. The van der Waals surface area contributed by atoms with Crippen molar-refractivity contribution in [1.82, 2.24) is 19.4 Å². The van der Waals surface area contributed by atoms with Crippen LogP contribution in [0.4, 0.5) is 14.5 Å². The zero-order valence-corrected chi connectivity index (χ0v) is 31.1. The van der Waals surface area contributed by atoms with Crippen molar-refractivity contribution in [1.29, 1.82) is 0 Å². The van der Waals surface area contributed by atoms with Gasteiger partial charge in [-0.1, -0.05) is 35.3 Å². The van der Waals surface area contributed by atoms with Gasteiger partial charge in [0.15, 0.2) is 6.10 Å². The molecule has 1 aliphatic heterocycles. The number of hydrogen-bond donors (Lipinski definition) is 0. The van der Waals surface area contributed by atoms with Gasteiger partial charge >= 0.3 is 0 Å². The normalized spacial score (nSPS) is 13.3. The molecule has 268 valence electrons. The quantitative estimate of drug-likeness (QED) is 0.134. The molecule has 51 heavy (non-hydrogen) atoms. The predicted molar refractivity (Wildman–Crippen MR) is 201 cm³/mol. The topological polar surface area (TPSA) is 80.1 Å². The summed E-state index contributed by atoms with van der Waals surface area (Å²) in [6.07, 6.45) is 0.467. The zero-order valence-electron chi connectivity index (χ0n) is 27.9. The van der Waals surface area contributed by atoms with Gasteiger partial charge in [0.1, 0.15) is 30.5 Å². The van der Waals surface area contributed by atoms with Crippen LogP contribution in [0.3, 0.4) is 0 Å². The number of carbonyl (C=O) groups is 2. The van der Waals surface area contributed by atoms with Crippen molar-refractivity contribution in [2.24, 2.45) is 7.05 Å². The summed E-state index contributed by atoms with van der Waals surface area (Å²) in [7, 11) is 3.51.